The van der Waals surface area contributed by atoms with Gasteiger partial charge in [0.15, 0.2) is 17.4 Å². The normalized spacial score (nSPS) is 21.3. The number of halogens is 2. The van der Waals surface area contributed by atoms with E-state index in [-0.39, 0.29) is 42.7 Å². The summed E-state index contributed by atoms with van der Waals surface area (Å²) in [5, 5.41) is 34.5. The van der Waals surface area contributed by atoms with Crippen LogP contribution in [0.25, 0.3) is 22.5 Å². The molecule has 5 fully saturated rings. The molecule has 4 atom stereocenters. The first-order valence-corrected chi connectivity index (χ1v) is 26.1. The smallest absolute Gasteiger partial charge is 0.327 e. The van der Waals surface area contributed by atoms with Crippen molar-refractivity contribution < 1.29 is 38.7 Å². The summed E-state index contributed by atoms with van der Waals surface area (Å²) in [4.78, 5) is 53.4. The molecule has 4 amide bonds. The molecule has 0 spiro atoms. The molecule has 24 heteroatoms. The number of aromatic nitrogens is 8. The van der Waals surface area contributed by atoms with E-state index in [4.69, 9.17) is 57.2 Å². The van der Waals surface area contributed by atoms with Crippen molar-refractivity contribution in [1.82, 2.24) is 39.5 Å². The third-order valence-electron chi connectivity index (χ3n) is 14.2. The average molecular weight is 1060 g/mol. The maximum atomic E-state index is 13.7. The number of urea groups is 2. The fourth-order valence-corrected chi connectivity index (χ4v) is 10.6. The Hall–Kier alpha value is -6.82. The number of carbonyl (C=O) groups is 2. The molecule has 0 unspecified atom stereocenters. The van der Waals surface area contributed by atoms with Crippen molar-refractivity contribution in [2.45, 2.75) is 94.5 Å². The number of hydrogen-bond donors (Lipinski definition) is 4. The predicted molar refractivity (Wildman–Crippen MR) is 279 cm³/mol. The van der Waals surface area contributed by atoms with Crippen LogP contribution in [-0.4, -0.2) is 144 Å². The quantitative estimate of drug-likeness (QED) is 0.0896. The number of hydrogen-bond acceptors (Lipinski definition) is 16. The predicted octanol–water partition coefficient (Wildman–Crippen LogP) is 7.18. The third-order valence-corrected chi connectivity index (χ3v) is 14.8. The van der Waals surface area contributed by atoms with Crippen LogP contribution in [0.3, 0.4) is 0 Å². The zero-order chi connectivity index (χ0) is 51.5. The van der Waals surface area contributed by atoms with Gasteiger partial charge in [0.05, 0.1) is 82.6 Å². The topological polar surface area (TPSA) is 236 Å². The summed E-state index contributed by atoms with van der Waals surface area (Å²) in [7, 11) is 0. The Morgan fingerprint density at radius 2 is 1.25 bits per heavy atom. The highest BCUT2D eigenvalue weighted by Gasteiger charge is 2.43. The molecule has 22 nitrogen and oxygen atoms in total. The third kappa shape index (κ3) is 10.3. The molecule has 4 bridgehead atoms. The highest BCUT2D eigenvalue weighted by atomic mass is 35.5. The number of rotatable bonds is 13. The minimum atomic E-state index is -1.01. The van der Waals surface area contributed by atoms with E-state index in [1.165, 1.54) is 6.20 Å². The number of amides is 4. The lowest BCUT2D eigenvalue weighted by molar-refractivity contribution is -0.141. The number of pyridine rings is 4. The molecule has 0 aromatic carbocycles. The van der Waals surface area contributed by atoms with Crippen molar-refractivity contribution in [3.63, 3.8) is 0 Å². The SMILES string of the molecule is CC1(C)OC[C@H](COc2cc(NC(=O)N3c4nc(-c5cnn(C6CC6)c5)c(Cl)cc4N4CC[C@H]3C4)ccn2)O1.O=C(Nc1ccnc(OC[C@H](O)CO)c1)N1c2nc(-c3cnn(C4CC4)c3)c(Cl)cc2N2CC[C@H]1C2. The van der Waals surface area contributed by atoms with Gasteiger partial charge in [-0.2, -0.15) is 10.2 Å². The highest BCUT2D eigenvalue weighted by Crippen LogP contribution is 2.46. The van der Waals surface area contributed by atoms with E-state index in [1.54, 1.807) is 52.7 Å². The van der Waals surface area contributed by atoms with Gasteiger partial charge >= 0.3 is 12.1 Å². The summed E-state index contributed by atoms with van der Waals surface area (Å²) < 4.78 is 26.5. The second-order valence-electron chi connectivity index (χ2n) is 20.3. The molecule has 7 aliphatic rings. The molecule has 392 valence electrons. The standard InChI is InChI=1S/C27H30ClN7O4.C24H26ClN7O4/c1-27(2)38-15-20(39-27)14-37-23-9-17(5-7-29-23)31-26(36)35-19-6-8-33(13-19)22-10-21(28)24(32-25(22)35)16-11-30-34(12-16)18-3-4-18;25-19-8-20-23(29-22(19)14-9-27-31(10-14)16-1-2-16)32(17-4-6-30(20)11-17)24(35)28-15-3-5-26-21(7-15)36-13-18(34)12-33/h5,7,9-12,18-20H,3-4,6,8,13-15H2,1-2H3,(H,29,31,36);3,5,7-10,16-18,33-34H,1-2,4,6,11-13H2,(H,26,28,35)/t19-,20-;17-,18+/m00/s1. The highest BCUT2D eigenvalue weighted by molar-refractivity contribution is 6.34. The lowest BCUT2D eigenvalue weighted by Crippen LogP contribution is -2.48. The molecule has 4 N–H and O–H groups in total. The molecular formula is C51H56Cl2N14O8. The van der Waals surface area contributed by atoms with Crippen molar-refractivity contribution in [2.24, 2.45) is 0 Å². The molecule has 6 aromatic rings. The first-order chi connectivity index (χ1) is 36.3. The Kier molecular flexibility index (Phi) is 13.1. The van der Waals surface area contributed by atoms with Crippen molar-refractivity contribution in [2.75, 3.05) is 82.8 Å². The van der Waals surface area contributed by atoms with Crippen LogP contribution in [0.15, 0.2) is 73.6 Å². The Morgan fingerprint density at radius 1 is 0.747 bits per heavy atom. The lowest BCUT2D eigenvalue weighted by atomic mass is 10.1. The van der Waals surface area contributed by atoms with E-state index >= 15 is 0 Å². The first-order valence-electron chi connectivity index (χ1n) is 25.3. The number of anilines is 6. The minimum Gasteiger partial charge on any atom is -0.475 e. The summed E-state index contributed by atoms with van der Waals surface area (Å²) in [6.45, 7) is 7.09. The van der Waals surface area contributed by atoms with E-state index < -0.39 is 18.5 Å². The van der Waals surface area contributed by atoms with Gasteiger partial charge in [-0.1, -0.05) is 23.2 Å². The summed E-state index contributed by atoms with van der Waals surface area (Å²) in [5.41, 5.74) is 5.67. The molecule has 75 heavy (non-hydrogen) atoms. The van der Waals surface area contributed by atoms with Gasteiger partial charge in [0.1, 0.15) is 25.4 Å². The molecule has 2 saturated carbocycles. The van der Waals surface area contributed by atoms with Crippen LogP contribution in [0.5, 0.6) is 11.8 Å². The number of aliphatic hydroxyl groups is 2. The van der Waals surface area contributed by atoms with Gasteiger partial charge < -0.3 is 49.6 Å². The van der Waals surface area contributed by atoms with Crippen LogP contribution in [0.1, 0.15) is 64.5 Å². The van der Waals surface area contributed by atoms with Crippen LogP contribution < -0.4 is 39.7 Å². The number of aliphatic hydroxyl groups excluding tert-OH is 2. The number of ether oxygens (including phenoxy) is 4. The second kappa shape index (κ2) is 20.0. The van der Waals surface area contributed by atoms with Gasteiger partial charge in [0, 0.05) is 85.6 Å². The van der Waals surface area contributed by atoms with Gasteiger partial charge in [-0.3, -0.25) is 19.2 Å². The maximum absolute atomic E-state index is 13.7. The molecule has 0 radical (unpaired) electrons. The average Bonchev–Trinajstić information content (AvgIpc) is 4.13. The zero-order valence-electron chi connectivity index (χ0n) is 41.3. The second-order valence-corrected chi connectivity index (χ2v) is 21.1. The maximum Gasteiger partial charge on any atom is 0.327 e. The van der Waals surface area contributed by atoms with E-state index in [9.17, 15) is 14.7 Å². The Bertz CT molecular complexity index is 3130. The van der Waals surface area contributed by atoms with Crippen molar-refractivity contribution in [3.05, 3.63) is 83.6 Å². The van der Waals surface area contributed by atoms with E-state index in [0.717, 1.165) is 80.7 Å². The van der Waals surface area contributed by atoms with Crippen molar-refractivity contribution in [1.29, 1.82) is 0 Å². The lowest BCUT2D eigenvalue weighted by Gasteiger charge is -2.36. The van der Waals surface area contributed by atoms with Crippen LogP contribution in [0.4, 0.5) is 44.0 Å². The van der Waals surface area contributed by atoms with Gasteiger partial charge in [-0.25, -0.2) is 29.5 Å². The Labute approximate surface area is 441 Å². The molecule has 13 rings (SSSR count). The number of nitrogens with one attached hydrogen (secondary N) is 2. The van der Waals surface area contributed by atoms with Crippen LogP contribution in [-0.2, 0) is 9.47 Å². The molecule has 6 aromatic heterocycles. The monoisotopic (exact) mass is 1060 g/mol. The molecule has 3 saturated heterocycles. The molecular weight excluding hydrogens is 1010 g/mol. The van der Waals surface area contributed by atoms with Crippen LogP contribution >= 0.6 is 23.2 Å². The number of carbonyl (C=O) groups excluding carboxylic acids is 2. The number of nitrogens with zero attached hydrogens (tertiary/aromatic N) is 12. The summed E-state index contributed by atoms with van der Waals surface area (Å²) in [5.74, 6) is 1.18. The fraction of sp³-hybridized carbons (Fsp3) is 0.451. The van der Waals surface area contributed by atoms with Crippen molar-refractivity contribution >= 4 is 69.6 Å². The fourth-order valence-electron chi connectivity index (χ4n) is 10.1. The Balaban J connectivity index is 0.000000152. The number of fused-ring (bicyclic) bond motifs is 8. The summed E-state index contributed by atoms with van der Waals surface area (Å²) in [6.07, 6.45) is 15.6. The zero-order valence-corrected chi connectivity index (χ0v) is 42.8. The Morgan fingerprint density at radius 3 is 1.72 bits per heavy atom. The first kappa shape index (κ1) is 49.1. The van der Waals surface area contributed by atoms with Gasteiger partial charge in [0.25, 0.3) is 0 Å². The van der Waals surface area contributed by atoms with E-state index in [2.05, 4.69) is 40.6 Å². The van der Waals surface area contributed by atoms with Crippen LogP contribution in [0.2, 0.25) is 10.0 Å². The molecule has 2 aliphatic carbocycles. The van der Waals surface area contributed by atoms with E-state index in [1.807, 2.05) is 47.7 Å². The van der Waals surface area contributed by atoms with Crippen LogP contribution in [0, 0.1) is 0 Å². The minimum absolute atomic E-state index is 0.00800. The van der Waals surface area contributed by atoms with E-state index in [0.29, 0.717) is 82.2 Å². The van der Waals surface area contributed by atoms with Crippen molar-refractivity contribution in [3.8, 4) is 34.3 Å². The van der Waals surface area contributed by atoms with Gasteiger partial charge in [-0.15, -0.1) is 0 Å². The summed E-state index contributed by atoms with van der Waals surface area (Å²) >= 11 is 13.4. The largest absolute Gasteiger partial charge is 0.475 e. The van der Waals surface area contributed by atoms with Gasteiger partial charge in [-0.05, 0) is 76.6 Å². The summed E-state index contributed by atoms with van der Waals surface area (Å²) in [6, 6.07) is 10.8. The molecule has 5 aliphatic heterocycles. The molecule has 11 heterocycles. The van der Waals surface area contributed by atoms with Gasteiger partial charge in [0.2, 0.25) is 11.8 Å².